The maximum atomic E-state index is 13.0. The number of hydrogen-bond acceptors (Lipinski definition) is 10. The Morgan fingerprint density at radius 2 is 1.03 bits per heavy atom. The molecule has 2 N–H and O–H groups in total. The summed E-state index contributed by atoms with van der Waals surface area (Å²) in [6, 6.07) is -0.612. The maximum absolute atomic E-state index is 13.0. The van der Waals surface area contributed by atoms with Gasteiger partial charge in [-0.25, -0.2) is 26.4 Å². The number of carbonyl (C=O) groups is 2. The second-order valence-electron chi connectivity index (χ2n) is 10.2. The number of methoxy groups -OCH3 is 2. The highest BCUT2D eigenvalue weighted by atomic mass is 32.2. The predicted octanol–water partition coefficient (Wildman–Crippen LogP) is 2.35. The van der Waals surface area contributed by atoms with Gasteiger partial charge >= 0.3 is 11.9 Å². The van der Waals surface area contributed by atoms with Gasteiger partial charge in [0.05, 0.1) is 36.9 Å². The largest absolute Gasteiger partial charge is 0.496 e. The molecule has 0 saturated heterocycles. The van der Waals surface area contributed by atoms with E-state index < -0.39 is 53.6 Å². The number of nitrogens with one attached hydrogen (secondary N) is 2. The van der Waals surface area contributed by atoms with Crippen molar-refractivity contribution in [3.63, 3.8) is 0 Å². The Balaban J connectivity index is 4.00. The lowest BCUT2D eigenvalue weighted by molar-refractivity contribution is -0.146. The van der Waals surface area contributed by atoms with Crippen LogP contribution in [0.2, 0.25) is 0 Å². The van der Waals surface area contributed by atoms with Gasteiger partial charge in [-0.15, -0.1) is 0 Å². The molecule has 14 heteroatoms. The molecule has 0 aliphatic heterocycles. The highest BCUT2D eigenvalue weighted by molar-refractivity contribution is 7.91. The number of hydrogen-bond donors (Lipinski definition) is 2. The fourth-order valence-corrected chi connectivity index (χ4v) is 4.77. The summed E-state index contributed by atoms with van der Waals surface area (Å²) in [5.41, 5.74) is -0.0577. The minimum atomic E-state index is -4.10. The molecule has 0 saturated carbocycles. The fraction of sp³-hybridized carbons (Fsp3) is 0.667. The summed E-state index contributed by atoms with van der Waals surface area (Å²) < 4.78 is 75.3. The molecule has 0 unspecified atom stereocenters. The first-order chi connectivity index (χ1) is 17.3. The third-order valence-corrected chi connectivity index (χ3v) is 9.72. The minimum absolute atomic E-state index is 0.0289. The fourth-order valence-electron chi connectivity index (χ4n) is 2.99. The lowest BCUT2D eigenvalue weighted by Gasteiger charge is -2.28. The SMILES string of the molecule is CCOC(=O)[C@H](NS(=O)(=O)C(C)(C)C)c1cc([C@@H](NS(=O)(=O)C(C)(C)C)C(=O)OCC)c(OC)cc1OC. The molecule has 0 aliphatic carbocycles. The Morgan fingerprint density at radius 1 is 0.711 bits per heavy atom. The summed E-state index contributed by atoms with van der Waals surface area (Å²) in [4.78, 5) is 26.0. The van der Waals surface area contributed by atoms with Gasteiger partial charge in [0.25, 0.3) is 0 Å². The molecular weight excluding hydrogens is 540 g/mol. The summed E-state index contributed by atoms with van der Waals surface area (Å²) >= 11 is 0. The van der Waals surface area contributed by atoms with E-state index in [2.05, 4.69) is 9.44 Å². The van der Waals surface area contributed by atoms with E-state index in [4.69, 9.17) is 18.9 Å². The zero-order valence-electron chi connectivity index (χ0n) is 23.6. The van der Waals surface area contributed by atoms with Crippen molar-refractivity contribution in [2.45, 2.75) is 77.0 Å². The third-order valence-electron chi connectivity index (χ3n) is 5.41. The first kappa shape index (κ1) is 33.6. The van der Waals surface area contributed by atoms with Crippen LogP contribution < -0.4 is 18.9 Å². The first-order valence-electron chi connectivity index (χ1n) is 11.9. The second kappa shape index (κ2) is 12.6. The van der Waals surface area contributed by atoms with Crippen molar-refractivity contribution in [1.82, 2.24) is 9.44 Å². The van der Waals surface area contributed by atoms with Crippen molar-refractivity contribution in [3.05, 3.63) is 23.3 Å². The highest BCUT2D eigenvalue weighted by Gasteiger charge is 2.40. The molecule has 2 atom stereocenters. The average molecular weight is 581 g/mol. The number of esters is 2. The summed E-state index contributed by atoms with van der Waals surface area (Å²) in [5.74, 6) is -1.81. The van der Waals surface area contributed by atoms with Crippen molar-refractivity contribution in [2.24, 2.45) is 0 Å². The van der Waals surface area contributed by atoms with E-state index >= 15 is 0 Å². The molecule has 0 aromatic heterocycles. The van der Waals surface area contributed by atoms with Gasteiger partial charge in [-0.2, -0.15) is 9.44 Å². The third kappa shape index (κ3) is 7.80. The second-order valence-corrected chi connectivity index (χ2v) is 15.1. The summed E-state index contributed by atoms with van der Waals surface area (Å²) in [6.07, 6.45) is 0. The lowest BCUT2D eigenvalue weighted by Crippen LogP contribution is -2.45. The molecule has 1 rings (SSSR count). The van der Waals surface area contributed by atoms with Crippen molar-refractivity contribution >= 4 is 32.0 Å². The van der Waals surface area contributed by atoms with Crippen LogP contribution in [-0.4, -0.2) is 65.7 Å². The summed E-state index contributed by atoms with van der Waals surface area (Å²) in [6.45, 7) is 11.7. The predicted molar refractivity (Wildman–Crippen MR) is 142 cm³/mol. The van der Waals surface area contributed by atoms with E-state index in [9.17, 15) is 26.4 Å². The average Bonchev–Trinajstić information content (AvgIpc) is 2.79. The topological polar surface area (TPSA) is 163 Å². The van der Waals surface area contributed by atoms with Gasteiger partial charge in [-0.3, -0.25) is 0 Å². The van der Waals surface area contributed by atoms with Crippen molar-refractivity contribution in [1.29, 1.82) is 0 Å². The molecule has 218 valence electrons. The van der Waals surface area contributed by atoms with Crippen LogP contribution >= 0.6 is 0 Å². The van der Waals surface area contributed by atoms with Gasteiger partial charge in [0.2, 0.25) is 20.0 Å². The molecule has 1 aromatic rings. The molecule has 1 aromatic carbocycles. The Bertz CT molecular complexity index is 1120. The summed E-state index contributed by atoms with van der Waals surface area (Å²) in [5, 5.41) is 0. The van der Waals surface area contributed by atoms with Crippen molar-refractivity contribution < 1.29 is 45.4 Å². The van der Waals surface area contributed by atoms with Crippen LogP contribution in [0.25, 0.3) is 0 Å². The van der Waals surface area contributed by atoms with Crippen LogP contribution in [0, 0.1) is 0 Å². The molecule has 0 spiro atoms. The van der Waals surface area contributed by atoms with Crippen LogP contribution in [0.4, 0.5) is 0 Å². The Kier molecular flexibility index (Phi) is 11.2. The van der Waals surface area contributed by atoms with Crippen LogP contribution in [0.1, 0.15) is 78.6 Å². The minimum Gasteiger partial charge on any atom is -0.496 e. The van der Waals surface area contributed by atoms with E-state index in [1.54, 1.807) is 13.8 Å². The maximum Gasteiger partial charge on any atom is 0.328 e. The van der Waals surface area contributed by atoms with Gasteiger partial charge < -0.3 is 18.9 Å². The smallest absolute Gasteiger partial charge is 0.328 e. The Labute approximate surface area is 225 Å². The van der Waals surface area contributed by atoms with E-state index in [1.807, 2.05) is 0 Å². The molecule has 38 heavy (non-hydrogen) atoms. The summed E-state index contributed by atoms with van der Waals surface area (Å²) in [7, 11) is -5.60. The molecule has 0 fully saturated rings. The van der Waals surface area contributed by atoms with Crippen LogP contribution in [0.3, 0.4) is 0 Å². The molecule has 0 amide bonds. The monoisotopic (exact) mass is 580 g/mol. The van der Waals surface area contributed by atoms with Gasteiger partial charge in [-0.1, -0.05) is 0 Å². The molecular formula is C24H40N2O10S2. The van der Waals surface area contributed by atoms with Crippen LogP contribution in [0.15, 0.2) is 12.1 Å². The molecule has 0 aliphatic rings. The Hall–Kier alpha value is -2.42. The number of carbonyl (C=O) groups excluding carboxylic acids is 2. The van der Waals surface area contributed by atoms with Crippen molar-refractivity contribution in [2.75, 3.05) is 27.4 Å². The van der Waals surface area contributed by atoms with Crippen molar-refractivity contribution in [3.8, 4) is 11.5 Å². The van der Waals surface area contributed by atoms with Crippen LogP contribution in [-0.2, 0) is 39.1 Å². The Morgan fingerprint density at radius 3 is 1.26 bits per heavy atom. The van der Waals surface area contributed by atoms with Gasteiger partial charge in [0.15, 0.2) is 0 Å². The van der Waals surface area contributed by atoms with Gasteiger partial charge in [0, 0.05) is 17.2 Å². The number of benzene rings is 1. The zero-order chi connectivity index (χ0) is 29.7. The van der Waals surface area contributed by atoms with E-state index in [1.165, 1.54) is 67.9 Å². The standard InChI is InChI=1S/C24H40N2O10S2/c1-11-35-21(27)19(25-37(29,30)23(3,4)5)15-13-16(18(34-10)14-17(15)33-9)20(22(28)36-12-2)26-38(31,32)24(6,7)8/h13-14,19-20,25-26H,11-12H2,1-10H3/t19-,20-/m1/s1. The molecule has 0 heterocycles. The van der Waals surface area contributed by atoms with E-state index in [0.717, 1.165) is 0 Å². The van der Waals surface area contributed by atoms with Crippen LogP contribution in [0.5, 0.6) is 11.5 Å². The molecule has 0 radical (unpaired) electrons. The molecule has 12 nitrogen and oxygen atoms in total. The quantitative estimate of drug-likeness (QED) is 0.351. The number of sulfonamides is 2. The van der Waals surface area contributed by atoms with E-state index in [-0.39, 0.29) is 35.8 Å². The number of rotatable bonds is 12. The highest BCUT2D eigenvalue weighted by Crippen LogP contribution is 2.38. The lowest BCUT2D eigenvalue weighted by atomic mass is 9.98. The first-order valence-corrected chi connectivity index (χ1v) is 14.9. The molecule has 0 bridgehead atoms. The van der Waals surface area contributed by atoms with E-state index in [0.29, 0.717) is 0 Å². The zero-order valence-corrected chi connectivity index (χ0v) is 25.3. The van der Waals surface area contributed by atoms with Gasteiger partial charge in [-0.05, 0) is 61.5 Å². The van der Waals surface area contributed by atoms with Gasteiger partial charge in [0.1, 0.15) is 23.6 Å². The normalized spacial score (nSPS) is 14.4. The number of ether oxygens (including phenoxy) is 4.